The molecule has 1 amide bonds. The van der Waals surface area contributed by atoms with Crippen molar-refractivity contribution in [1.82, 2.24) is 4.98 Å². The van der Waals surface area contributed by atoms with Gasteiger partial charge in [0.1, 0.15) is 11.1 Å². The fourth-order valence-electron chi connectivity index (χ4n) is 2.11. The molecule has 2 rings (SSSR count). The summed E-state index contributed by atoms with van der Waals surface area (Å²) in [6, 6.07) is 8.77. The summed E-state index contributed by atoms with van der Waals surface area (Å²) in [4.78, 5) is 16.5. The van der Waals surface area contributed by atoms with Gasteiger partial charge in [-0.15, -0.1) is 0 Å². The monoisotopic (exact) mass is 395 g/mol. The standard InChI is InChI=1S/C17H15Cl2N3O2S/c1-10-5-11(8-24-2)13(7-20)17(21-10)25-9-16(23)22-15-4-3-12(18)6-14(15)19/h3-6H,8-9H2,1-2H3,(H,22,23). The number of halogens is 2. The van der Waals surface area contributed by atoms with Gasteiger partial charge in [0.15, 0.2) is 0 Å². The zero-order chi connectivity index (χ0) is 18.4. The highest BCUT2D eigenvalue weighted by atomic mass is 35.5. The highest BCUT2D eigenvalue weighted by molar-refractivity contribution is 8.00. The van der Waals surface area contributed by atoms with Crippen molar-refractivity contribution < 1.29 is 9.53 Å². The van der Waals surface area contributed by atoms with Crippen LogP contribution in [0.15, 0.2) is 29.3 Å². The molecule has 0 saturated heterocycles. The van der Waals surface area contributed by atoms with Gasteiger partial charge in [0, 0.05) is 17.8 Å². The van der Waals surface area contributed by atoms with Crippen LogP contribution >= 0.6 is 35.0 Å². The number of nitrogens with one attached hydrogen (secondary N) is 1. The van der Waals surface area contributed by atoms with Gasteiger partial charge in [0.05, 0.1) is 28.6 Å². The van der Waals surface area contributed by atoms with Crippen molar-refractivity contribution in [3.8, 4) is 6.07 Å². The number of nitrogens with zero attached hydrogens (tertiary/aromatic N) is 2. The van der Waals surface area contributed by atoms with Gasteiger partial charge in [-0.05, 0) is 36.8 Å². The van der Waals surface area contributed by atoms with E-state index in [-0.39, 0.29) is 11.7 Å². The third kappa shape index (κ3) is 5.35. The van der Waals surface area contributed by atoms with Gasteiger partial charge < -0.3 is 10.1 Å². The van der Waals surface area contributed by atoms with E-state index in [0.29, 0.717) is 32.9 Å². The first-order valence-electron chi connectivity index (χ1n) is 7.22. The number of hydrogen-bond acceptors (Lipinski definition) is 5. The van der Waals surface area contributed by atoms with E-state index in [4.69, 9.17) is 27.9 Å². The summed E-state index contributed by atoms with van der Waals surface area (Å²) in [5, 5.41) is 13.5. The first-order valence-corrected chi connectivity index (χ1v) is 8.96. The molecule has 0 aliphatic heterocycles. The van der Waals surface area contributed by atoms with Crippen LogP contribution < -0.4 is 5.32 Å². The Morgan fingerprint density at radius 3 is 2.80 bits per heavy atom. The van der Waals surface area contributed by atoms with E-state index in [1.807, 2.05) is 6.92 Å². The number of thioether (sulfide) groups is 1. The van der Waals surface area contributed by atoms with Crippen LogP contribution in [0.4, 0.5) is 5.69 Å². The van der Waals surface area contributed by atoms with E-state index in [9.17, 15) is 10.1 Å². The predicted octanol–water partition coefficient (Wildman–Crippen LogP) is 4.45. The number of methoxy groups -OCH3 is 1. The molecule has 0 radical (unpaired) electrons. The molecule has 1 heterocycles. The maximum Gasteiger partial charge on any atom is 0.234 e. The molecule has 130 valence electrons. The maximum absolute atomic E-state index is 12.2. The molecule has 25 heavy (non-hydrogen) atoms. The Labute approximate surface area is 160 Å². The number of pyridine rings is 1. The van der Waals surface area contributed by atoms with Gasteiger partial charge in [0.2, 0.25) is 5.91 Å². The Morgan fingerprint density at radius 1 is 1.40 bits per heavy atom. The fourth-order valence-corrected chi connectivity index (χ4v) is 3.44. The first kappa shape index (κ1) is 19.5. The van der Waals surface area contributed by atoms with Crippen LogP contribution in [0, 0.1) is 18.3 Å². The normalized spacial score (nSPS) is 10.4. The number of amides is 1. The molecule has 0 unspecified atom stereocenters. The van der Waals surface area contributed by atoms with Crippen molar-refractivity contribution >= 4 is 46.6 Å². The number of aryl methyl sites for hydroxylation is 1. The predicted molar refractivity (Wildman–Crippen MR) is 100 cm³/mol. The van der Waals surface area contributed by atoms with Gasteiger partial charge >= 0.3 is 0 Å². The van der Waals surface area contributed by atoms with Gasteiger partial charge in [-0.3, -0.25) is 4.79 Å². The minimum Gasteiger partial charge on any atom is -0.380 e. The lowest BCUT2D eigenvalue weighted by Gasteiger charge is -2.10. The lowest BCUT2D eigenvalue weighted by atomic mass is 10.1. The minimum absolute atomic E-state index is 0.0938. The van der Waals surface area contributed by atoms with Gasteiger partial charge in [0.25, 0.3) is 0 Å². The Kier molecular flexibility index (Phi) is 7.09. The molecule has 1 N–H and O–H groups in total. The lowest BCUT2D eigenvalue weighted by Crippen LogP contribution is -2.14. The van der Waals surface area contributed by atoms with Gasteiger partial charge in [-0.25, -0.2) is 4.98 Å². The summed E-state index contributed by atoms with van der Waals surface area (Å²) in [7, 11) is 1.56. The Balaban J connectivity index is 2.10. The fraction of sp³-hybridized carbons (Fsp3) is 0.235. The van der Waals surface area contributed by atoms with Crippen molar-refractivity contribution in [2.45, 2.75) is 18.6 Å². The van der Waals surface area contributed by atoms with Crippen LogP contribution in [0.25, 0.3) is 0 Å². The Hall–Kier alpha value is -1.78. The van der Waals surface area contributed by atoms with Crippen LogP contribution in [-0.4, -0.2) is 23.8 Å². The summed E-state index contributed by atoms with van der Waals surface area (Å²) in [6.07, 6.45) is 0. The molecule has 0 aliphatic carbocycles. The van der Waals surface area contributed by atoms with E-state index in [1.165, 1.54) is 11.8 Å². The second-order valence-corrected chi connectivity index (χ2v) is 6.92. The number of carbonyl (C=O) groups excluding carboxylic acids is 1. The first-order chi connectivity index (χ1) is 11.9. The van der Waals surface area contributed by atoms with Crippen LogP contribution in [0.3, 0.4) is 0 Å². The summed E-state index contributed by atoms with van der Waals surface area (Å²) in [6.45, 7) is 2.14. The van der Waals surface area contributed by atoms with Gasteiger partial charge in [-0.2, -0.15) is 5.26 Å². The largest absolute Gasteiger partial charge is 0.380 e. The number of benzene rings is 1. The average Bonchev–Trinajstić information content (AvgIpc) is 2.55. The second-order valence-electron chi connectivity index (χ2n) is 5.11. The zero-order valence-corrected chi connectivity index (χ0v) is 15.9. The molecule has 2 aromatic rings. The van der Waals surface area contributed by atoms with E-state index < -0.39 is 0 Å². The van der Waals surface area contributed by atoms with Crippen LogP contribution in [0.1, 0.15) is 16.8 Å². The lowest BCUT2D eigenvalue weighted by molar-refractivity contribution is -0.113. The minimum atomic E-state index is -0.255. The highest BCUT2D eigenvalue weighted by Gasteiger charge is 2.14. The van der Waals surface area contributed by atoms with Crippen molar-refractivity contribution in [2.75, 3.05) is 18.2 Å². The molecule has 1 aromatic heterocycles. The number of hydrogen-bond donors (Lipinski definition) is 1. The molecule has 0 saturated carbocycles. The zero-order valence-electron chi connectivity index (χ0n) is 13.6. The SMILES string of the molecule is COCc1cc(C)nc(SCC(=O)Nc2ccc(Cl)cc2Cl)c1C#N. The third-order valence-electron chi connectivity index (χ3n) is 3.15. The number of rotatable bonds is 6. The molecular weight excluding hydrogens is 381 g/mol. The van der Waals surface area contributed by atoms with Crippen molar-refractivity contribution in [3.05, 3.63) is 51.1 Å². The molecule has 0 atom stereocenters. The number of ether oxygens (including phenoxy) is 1. The summed E-state index contributed by atoms with van der Waals surface area (Å²) >= 11 is 13.1. The molecule has 0 spiro atoms. The summed E-state index contributed by atoms with van der Waals surface area (Å²) < 4.78 is 5.11. The summed E-state index contributed by atoms with van der Waals surface area (Å²) in [5.41, 5.74) is 2.42. The number of carbonyl (C=O) groups is 1. The molecule has 1 aromatic carbocycles. The molecule has 8 heteroatoms. The topological polar surface area (TPSA) is 75.0 Å². The van der Waals surface area contributed by atoms with Crippen LogP contribution in [-0.2, 0) is 16.1 Å². The van der Waals surface area contributed by atoms with Crippen molar-refractivity contribution in [2.24, 2.45) is 0 Å². The van der Waals surface area contributed by atoms with E-state index in [1.54, 1.807) is 31.4 Å². The molecule has 5 nitrogen and oxygen atoms in total. The van der Waals surface area contributed by atoms with Gasteiger partial charge in [-0.1, -0.05) is 35.0 Å². The number of anilines is 1. The molecule has 0 bridgehead atoms. The van der Waals surface area contributed by atoms with Crippen molar-refractivity contribution in [3.63, 3.8) is 0 Å². The highest BCUT2D eigenvalue weighted by Crippen LogP contribution is 2.27. The Morgan fingerprint density at radius 2 is 2.16 bits per heavy atom. The van der Waals surface area contributed by atoms with Crippen LogP contribution in [0.5, 0.6) is 0 Å². The van der Waals surface area contributed by atoms with E-state index in [2.05, 4.69) is 16.4 Å². The van der Waals surface area contributed by atoms with Crippen molar-refractivity contribution in [1.29, 1.82) is 5.26 Å². The van der Waals surface area contributed by atoms with E-state index >= 15 is 0 Å². The third-order valence-corrected chi connectivity index (χ3v) is 4.68. The quantitative estimate of drug-likeness (QED) is 0.731. The smallest absolute Gasteiger partial charge is 0.234 e. The van der Waals surface area contributed by atoms with Crippen LogP contribution in [0.2, 0.25) is 10.0 Å². The second kappa shape index (κ2) is 9.07. The number of nitriles is 1. The molecule has 0 fully saturated rings. The Bertz CT molecular complexity index is 837. The average molecular weight is 396 g/mol. The molecule has 0 aliphatic rings. The van der Waals surface area contributed by atoms with E-state index in [0.717, 1.165) is 11.3 Å². The maximum atomic E-state index is 12.2. The molecular formula is C17H15Cl2N3O2S. The number of aromatic nitrogens is 1. The summed E-state index contributed by atoms with van der Waals surface area (Å²) in [5.74, 6) is -0.161.